The third-order valence-corrected chi connectivity index (χ3v) is 4.06. The summed E-state index contributed by atoms with van der Waals surface area (Å²) in [6, 6.07) is 16.3. The van der Waals surface area contributed by atoms with Gasteiger partial charge in [-0.25, -0.2) is 9.97 Å². The molecule has 0 saturated carbocycles. The van der Waals surface area contributed by atoms with Crippen LogP contribution in [0.1, 0.15) is 20.8 Å². The monoisotopic (exact) mass is 391 g/mol. The lowest BCUT2D eigenvalue weighted by atomic mass is 10.1. The molecule has 0 bridgehead atoms. The highest BCUT2D eigenvalue weighted by atomic mass is 16.5. The molecular weight excluding hydrogens is 370 g/mol. The SMILES string of the molecule is CNC(=O)c1nc(-c2cccc(C(=O)NCCOc3ccccc3)c2)cnc1N. The van der Waals surface area contributed by atoms with E-state index in [2.05, 4.69) is 20.6 Å². The number of anilines is 1. The molecular formula is C21H21N5O3. The van der Waals surface area contributed by atoms with Crippen LogP contribution in [0.15, 0.2) is 60.8 Å². The molecule has 8 nitrogen and oxygen atoms in total. The van der Waals surface area contributed by atoms with Crippen molar-refractivity contribution in [3.63, 3.8) is 0 Å². The average Bonchev–Trinajstić information content (AvgIpc) is 2.77. The van der Waals surface area contributed by atoms with E-state index in [-0.39, 0.29) is 17.4 Å². The number of rotatable bonds is 7. The summed E-state index contributed by atoms with van der Waals surface area (Å²) >= 11 is 0. The first-order chi connectivity index (χ1) is 14.1. The van der Waals surface area contributed by atoms with Gasteiger partial charge in [-0.3, -0.25) is 9.59 Å². The zero-order chi connectivity index (χ0) is 20.6. The Morgan fingerprint density at radius 1 is 1.07 bits per heavy atom. The van der Waals surface area contributed by atoms with Crippen LogP contribution in [0.5, 0.6) is 5.75 Å². The molecule has 1 aromatic heterocycles. The van der Waals surface area contributed by atoms with Crippen molar-refractivity contribution in [2.75, 3.05) is 25.9 Å². The summed E-state index contributed by atoms with van der Waals surface area (Å²) in [4.78, 5) is 32.6. The summed E-state index contributed by atoms with van der Waals surface area (Å²) in [6.07, 6.45) is 1.46. The number of amides is 2. The zero-order valence-corrected chi connectivity index (χ0v) is 15.9. The Kier molecular flexibility index (Phi) is 6.36. The molecule has 0 aliphatic heterocycles. The number of aromatic nitrogens is 2. The predicted octanol–water partition coefficient (Wildman–Crippen LogP) is 1.89. The molecule has 29 heavy (non-hydrogen) atoms. The van der Waals surface area contributed by atoms with Crippen molar-refractivity contribution >= 4 is 17.6 Å². The number of nitrogens with one attached hydrogen (secondary N) is 2. The van der Waals surface area contributed by atoms with Crippen LogP contribution in [0.4, 0.5) is 5.82 Å². The molecule has 0 fully saturated rings. The quantitative estimate of drug-likeness (QED) is 0.529. The van der Waals surface area contributed by atoms with E-state index >= 15 is 0 Å². The largest absolute Gasteiger partial charge is 0.492 e. The number of hydrogen-bond acceptors (Lipinski definition) is 6. The molecule has 0 aliphatic rings. The van der Waals surface area contributed by atoms with Gasteiger partial charge in [-0.1, -0.05) is 30.3 Å². The van der Waals surface area contributed by atoms with Crippen LogP contribution in [-0.4, -0.2) is 42.0 Å². The highest BCUT2D eigenvalue weighted by Gasteiger charge is 2.14. The van der Waals surface area contributed by atoms with Crippen molar-refractivity contribution in [3.05, 3.63) is 72.1 Å². The second-order valence-corrected chi connectivity index (χ2v) is 6.07. The Morgan fingerprint density at radius 3 is 2.62 bits per heavy atom. The maximum atomic E-state index is 12.4. The summed E-state index contributed by atoms with van der Waals surface area (Å²) in [6.45, 7) is 0.717. The molecule has 0 atom stereocenters. The van der Waals surface area contributed by atoms with Crippen LogP contribution in [0.2, 0.25) is 0 Å². The molecule has 0 spiro atoms. The maximum Gasteiger partial charge on any atom is 0.273 e. The first-order valence-electron chi connectivity index (χ1n) is 8.99. The van der Waals surface area contributed by atoms with E-state index in [0.717, 1.165) is 5.75 Å². The number of ether oxygens (including phenoxy) is 1. The number of benzene rings is 2. The van der Waals surface area contributed by atoms with Crippen LogP contribution in [0, 0.1) is 0 Å². The van der Waals surface area contributed by atoms with Gasteiger partial charge in [-0.05, 0) is 24.3 Å². The number of nitrogens with two attached hydrogens (primary N) is 1. The van der Waals surface area contributed by atoms with Crippen molar-refractivity contribution < 1.29 is 14.3 Å². The van der Waals surface area contributed by atoms with E-state index in [0.29, 0.717) is 30.0 Å². The summed E-state index contributed by atoms with van der Waals surface area (Å²) in [5.41, 5.74) is 7.32. The second kappa shape index (κ2) is 9.32. The third-order valence-electron chi connectivity index (χ3n) is 4.06. The second-order valence-electron chi connectivity index (χ2n) is 6.07. The first kappa shape index (κ1) is 19.8. The summed E-state index contributed by atoms with van der Waals surface area (Å²) < 4.78 is 5.56. The molecule has 4 N–H and O–H groups in total. The molecule has 2 amide bonds. The Labute approximate surface area is 168 Å². The molecule has 2 aromatic carbocycles. The van der Waals surface area contributed by atoms with Gasteiger partial charge in [0.05, 0.1) is 18.4 Å². The van der Waals surface area contributed by atoms with E-state index in [4.69, 9.17) is 10.5 Å². The summed E-state index contributed by atoms with van der Waals surface area (Å²) in [5, 5.41) is 5.29. The van der Waals surface area contributed by atoms with E-state index in [1.54, 1.807) is 24.3 Å². The average molecular weight is 391 g/mol. The Bertz CT molecular complexity index is 1010. The first-order valence-corrected chi connectivity index (χ1v) is 8.99. The fourth-order valence-electron chi connectivity index (χ4n) is 2.59. The molecule has 8 heteroatoms. The Balaban J connectivity index is 1.66. The number of para-hydroxylation sites is 1. The minimum atomic E-state index is -0.427. The topological polar surface area (TPSA) is 119 Å². The van der Waals surface area contributed by atoms with Gasteiger partial charge < -0.3 is 21.1 Å². The van der Waals surface area contributed by atoms with Crippen LogP contribution in [-0.2, 0) is 0 Å². The lowest BCUT2D eigenvalue weighted by molar-refractivity contribution is 0.0943. The van der Waals surface area contributed by atoms with E-state index in [9.17, 15) is 9.59 Å². The number of nitrogen functional groups attached to an aromatic ring is 1. The number of carbonyl (C=O) groups is 2. The van der Waals surface area contributed by atoms with Gasteiger partial charge >= 0.3 is 0 Å². The molecule has 0 unspecified atom stereocenters. The number of nitrogens with zero attached hydrogens (tertiary/aromatic N) is 2. The molecule has 0 radical (unpaired) electrons. The zero-order valence-electron chi connectivity index (χ0n) is 15.9. The van der Waals surface area contributed by atoms with Gasteiger partial charge in [0, 0.05) is 18.2 Å². The van der Waals surface area contributed by atoms with E-state index in [1.165, 1.54) is 13.2 Å². The van der Waals surface area contributed by atoms with Gasteiger partial charge in [0.2, 0.25) is 0 Å². The molecule has 1 heterocycles. The third kappa shape index (κ3) is 5.07. The molecule has 0 saturated heterocycles. The van der Waals surface area contributed by atoms with Gasteiger partial charge in [0.25, 0.3) is 11.8 Å². The number of carbonyl (C=O) groups excluding carboxylic acids is 2. The lowest BCUT2D eigenvalue weighted by Crippen LogP contribution is -2.28. The number of hydrogen-bond donors (Lipinski definition) is 3. The molecule has 3 aromatic rings. The van der Waals surface area contributed by atoms with Crippen LogP contribution < -0.4 is 21.1 Å². The van der Waals surface area contributed by atoms with Crippen LogP contribution in [0.25, 0.3) is 11.3 Å². The van der Waals surface area contributed by atoms with Crippen molar-refractivity contribution in [2.24, 2.45) is 0 Å². The lowest BCUT2D eigenvalue weighted by Gasteiger charge is -2.09. The fourth-order valence-corrected chi connectivity index (χ4v) is 2.59. The maximum absolute atomic E-state index is 12.4. The normalized spacial score (nSPS) is 10.2. The Morgan fingerprint density at radius 2 is 1.86 bits per heavy atom. The molecule has 148 valence electrons. The van der Waals surface area contributed by atoms with Gasteiger partial charge in [0.1, 0.15) is 12.4 Å². The van der Waals surface area contributed by atoms with Gasteiger partial charge in [-0.15, -0.1) is 0 Å². The highest BCUT2D eigenvalue weighted by Crippen LogP contribution is 2.20. The fraction of sp³-hybridized carbons (Fsp3) is 0.143. The predicted molar refractivity (Wildman–Crippen MR) is 110 cm³/mol. The van der Waals surface area contributed by atoms with Crippen molar-refractivity contribution in [1.29, 1.82) is 0 Å². The van der Waals surface area contributed by atoms with Crippen molar-refractivity contribution in [2.45, 2.75) is 0 Å². The van der Waals surface area contributed by atoms with Crippen molar-refractivity contribution in [3.8, 4) is 17.0 Å². The highest BCUT2D eigenvalue weighted by molar-refractivity contribution is 5.97. The molecule has 0 aliphatic carbocycles. The van der Waals surface area contributed by atoms with E-state index < -0.39 is 5.91 Å². The van der Waals surface area contributed by atoms with Crippen LogP contribution >= 0.6 is 0 Å². The van der Waals surface area contributed by atoms with Gasteiger partial charge in [0.15, 0.2) is 11.5 Å². The van der Waals surface area contributed by atoms with Crippen LogP contribution in [0.3, 0.4) is 0 Å². The smallest absolute Gasteiger partial charge is 0.273 e. The minimum Gasteiger partial charge on any atom is -0.492 e. The minimum absolute atomic E-state index is 0.0397. The summed E-state index contributed by atoms with van der Waals surface area (Å²) in [5.74, 6) is 0.126. The van der Waals surface area contributed by atoms with Crippen molar-refractivity contribution in [1.82, 2.24) is 20.6 Å². The standard InChI is InChI=1S/C21H21N5O3/c1-23-21(28)18-19(22)25-13-17(26-18)14-6-5-7-15(12-14)20(27)24-10-11-29-16-8-3-2-4-9-16/h2-9,12-13H,10-11H2,1H3,(H2,22,25)(H,23,28)(H,24,27). The van der Waals surface area contributed by atoms with E-state index in [1.807, 2.05) is 30.3 Å². The van der Waals surface area contributed by atoms with Gasteiger partial charge in [-0.2, -0.15) is 0 Å². The Hall–Kier alpha value is -3.94. The molecule has 3 rings (SSSR count). The summed E-state index contributed by atoms with van der Waals surface area (Å²) in [7, 11) is 1.49.